The minimum Gasteiger partial charge on any atom is -0.284 e. The normalized spacial score (nSPS) is 15.7. The van der Waals surface area contributed by atoms with Crippen LogP contribution in [0.25, 0.3) is 17.2 Å². The van der Waals surface area contributed by atoms with Crippen molar-refractivity contribution >= 4 is 23.4 Å². The summed E-state index contributed by atoms with van der Waals surface area (Å²) in [6, 6.07) is 20.6. The average Bonchev–Trinajstić information content (AvgIpc) is 2.70. The first-order valence-corrected chi connectivity index (χ1v) is 9.19. The molecule has 0 saturated heterocycles. The Morgan fingerprint density at radius 3 is 2.54 bits per heavy atom. The Bertz CT molecular complexity index is 957. The van der Waals surface area contributed by atoms with E-state index in [1.165, 1.54) is 22.3 Å². The third-order valence-electron chi connectivity index (χ3n) is 4.52. The topological polar surface area (TPSA) is 25.2 Å². The van der Waals surface area contributed by atoms with Crippen LogP contribution >= 0.6 is 11.6 Å². The van der Waals surface area contributed by atoms with E-state index < -0.39 is 0 Å². The van der Waals surface area contributed by atoms with Crippen LogP contribution in [-0.4, -0.2) is 17.2 Å². The van der Waals surface area contributed by atoms with E-state index in [0.717, 1.165) is 35.7 Å². The van der Waals surface area contributed by atoms with E-state index in [9.17, 15) is 0 Å². The minimum atomic E-state index is 0.756. The molecule has 0 aliphatic carbocycles. The van der Waals surface area contributed by atoms with E-state index in [-0.39, 0.29) is 0 Å². The lowest BCUT2D eigenvalue weighted by molar-refractivity contribution is 0.818. The van der Waals surface area contributed by atoms with Crippen molar-refractivity contribution in [3.8, 4) is 11.1 Å². The second-order valence-corrected chi connectivity index (χ2v) is 6.81. The van der Waals surface area contributed by atoms with Gasteiger partial charge in [-0.3, -0.25) is 9.98 Å². The van der Waals surface area contributed by atoms with Gasteiger partial charge in [0, 0.05) is 29.5 Å². The molecule has 0 fully saturated rings. The van der Waals surface area contributed by atoms with Gasteiger partial charge in [-0.15, -0.1) is 0 Å². The molecule has 128 valence electrons. The van der Waals surface area contributed by atoms with Crippen LogP contribution in [0.4, 0.5) is 0 Å². The summed E-state index contributed by atoms with van der Waals surface area (Å²) in [5.74, 6) is 0. The molecule has 3 heteroatoms. The summed E-state index contributed by atoms with van der Waals surface area (Å²) in [5.41, 5.74) is 6.98. The van der Waals surface area contributed by atoms with Crippen molar-refractivity contribution < 1.29 is 0 Å². The van der Waals surface area contributed by atoms with E-state index in [4.69, 9.17) is 16.6 Å². The standard InChI is InChI=1S/C23H19ClN2/c24-22-10-8-18(9-11-22)19-5-1-4-17(14-19)15-20-6-3-13-26-23(20)21-7-2-12-25-16-21/h1-2,4-5,7-12,14-16H,3,6,13H2/b20-15-. The van der Waals surface area contributed by atoms with Gasteiger partial charge in [-0.1, -0.05) is 41.9 Å². The predicted octanol–water partition coefficient (Wildman–Crippen LogP) is 6.07. The average molecular weight is 359 g/mol. The van der Waals surface area contributed by atoms with Crippen molar-refractivity contribution in [3.05, 3.63) is 94.8 Å². The Kier molecular flexibility index (Phi) is 4.94. The van der Waals surface area contributed by atoms with Crippen LogP contribution in [0.5, 0.6) is 0 Å². The maximum absolute atomic E-state index is 6.01. The summed E-state index contributed by atoms with van der Waals surface area (Å²) in [5, 5.41) is 0.756. The number of halogens is 1. The van der Waals surface area contributed by atoms with Gasteiger partial charge in [0.2, 0.25) is 0 Å². The Morgan fingerprint density at radius 2 is 1.73 bits per heavy atom. The second kappa shape index (κ2) is 7.67. The zero-order chi connectivity index (χ0) is 17.8. The number of nitrogens with zero attached hydrogens (tertiary/aromatic N) is 2. The molecule has 1 aromatic heterocycles. The van der Waals surface area contributed by atoms with Crippen molar-refractivity contribution in [3.63, 3.8) is 0 Å². The molecule has 1 aliphatic rings. The van der Waals surface area contributed by atoms with Gasteiger partial charge in [0.15, 0.2) is 0 Å². The number of benzene rings is 2. The fourth-order valence-corrected chi connectivity index (χ4v) is 3.38. The highest BCUT2D eigenvalue weighted by Gasteiger charge is 2.14. The van der Waals surface area contributed by atoms with Crippen molar-refractivity contribution in [1.82, 2.24) is 4.98 Å². The number of hydrogen-bond acceptors (Lipinski definition) is 2. The van der Waals surface area contributed by atoms with Gasteiger partial charge < -0.3 is 0 Å². The number of rotatable bonds is 3. The van der Waals surface area contributed by atoms with Gasteiger partial charge in [0.25, 0.3) is 0 Å². The van der Waals surface area contributed by atoms with Crippen LogP contribution in [0.3, 0.4) is 0 Å². The fourth-order valence-electron chi connectivity index (χ4n) is 3.25. The molecule has 3 aromatic rings. The quantitative estimate of drug-likeness (QED) is 0.558. The summed E-state index contributed by atoms with van der Waals surface area (Å²) >= 11 is 6.01. The second-order valence-electron chi connectivity index (χ2n) is 6.38. The lowest BCUT2D eigenvalue weighted by Gasteiger charge is -2.16. The first-order valence-electron chi connectivity index (χ1n) is 8.81. The van der Waals surface area contributed by atoms with Crippen molar-refractivity contribution in [1.29, 1.82) is 0 Å². The summed E-state index contributed by atoms with van der Waals surface area (Å²) in [6.45, 7) is 0.881. The maximum atomic E-state index is 6.01. The highest BCUT2D eigenvalue weighted by molar-refractivity contribution is 6.30. The van der Waals surface area contributed by atoms with E-state index in [2.05, 4.69) is 53.5 Å². The monoisotopic (exact) mass is 358 g/mol. The summed E-state index contributed by atoms with van der Waals surface area (Å²) in [7, 11) is 0. The number of allylic oxidation sites excluding steroid dienone is 1. The smallest absolute Gasteiger partial charge is 0.0694 e. The molecule has 0 saturated carbocycles. The third-order valence-corrected chi connectivity index (χ3v) is 4.77. The molecule has 2 nitrogen and oxygen atoms in total. The molecular formula is C23H19ClN2. The molecule has 2 aromatic carbocycles. The van der Waals surface area contributed by atoms with Crippen LogP contribution in [0.1, 0.15) is 24.0 Å². The molecule has 2 heterocycles. The molecular weight excluding hydrogens is 340 g/mol. The zero-order valence-corrected chi connectivity index (χ0v) is 15.2. The first kappa shape index (κ1) is 16.7. The Morgan fingerprint density at radius 1 is 0.885 bits per heavy atom. The molecule has 0 radical (unpaired) electrons. The summed E-state index contributed by atoms with van der Waals surface area (Å²) < 4.78 is 0. The zero-order valence-electron chi connectivity index (χ0n) is 14.4. The van der Waals surface area contributed by atoms with Crippen LogP contribution in [0, 0.1) is 0 Å². The van der Waals surface area contributed by atoms with Crippen LogP contribution in [0.2, 0.25) is 5.02 Å². The molecule has 0 bridgehead atoms. The van der Waals surface area contributed by atoms with E-state index >= 15 is 0 Å². The van der Waals surface area contributed by atoms with E-state index in [1.807, 2.05) is 24.4 Å². The first-order chi connectivity index (χ1) is 12.8. The molecule has 26 heavy (non-hydrogen) atoms. The Labute approximate surface area is 158 Å². The van der Waals surface area contributed by atoms with Gasteiger partial charge in [-0.05, 0) is 71.5 Å². The largest absolute Gasteiger partial charge is 0.284 e. The van der Waals surface area contributed by atoms with Gasteiger partial charge in [0.05, 0.1) is 5.71 Å². The highest BCUT2D eigenvalue weighted by atomic mass is 35.5. The molecule has 0 spiro atoms. The number of hydrogen-bond donors (Lipinski definition) is 0. The third kappa shape index (κ3) is 3.76. The molecule has 1 aliphatic heterocycles. The Hall–Kier alpha value is -2.71. The van der Waals surface area contributed by atoms with Gasteiger partial charge in [-0.25, -0.2) is 0 Å². The van der Waals surface area contributed by atoms with Crippen LogP contribution in [-0.2, 0) is 0 Å². The summed E-state index contributed by atoms with van der Waals surface area (Å²) in [4.78, 5) is 9.00. The molecule has 0 atom stereocenters. The maximum Gasteiger partial charge on any atom is 0.0694 e. The van der Waals surface area contributed by atoms with Gasteiger partial charge in [-0.2, -0.15) is 0 Å². The predicted molar refractivity (Wildman–Crippen MR) is 110 cm³/mol. The number of pyridine rings is 1. The lowest BCUT2D eigenvalue weighted by Crippen LogP contribution is -2.11. The number of aliphatic imine (C=N–C) groups is 1. The van der Waals surface area contributed by atoms with Gasteiger partial charge in [0.1, 0.15) is 0 Å². The lowest BCUT2D eigenvalue weighted by atomic mass is 9.94. The summed E-state index contributed by atoms with van der Waals surface area (Å²) in [6.07, 6.45) is 8.07. The fraction of sp³-hybridized carbons (Fsp3) is 0.130. The van der Waals surface area contributed by atoms with Crippen molar-refractivity contribution in [2.24, 2.45) is 4.99 Å². The van der Waals surface area contributed by atoms with E-state index in [0.29, 0.717) is 0 Å². The van der Waals surface area contributed by atoms with Crippen molar-refractivity contribution in [2.45, 2.75) is 12.8 Å². The van der Waals surface area contributed by atoms with E-state index in [1.54, 1.807) is 6.20 Å². The van der Waals surface area contributed by atoms with Gasteiger partial charge >= 0.3 is 0 Å². The molecule has 4 rings (SSSR count). The highest BCUT2D eigenvalue weighted by Crippen LogP contribution is 2.26. The number of aromatic nitrogens is 1. The van der Waals surface area contributed by atoms with Crippen LogP contribution < -0.4 is 0 Å². The molecule has 0 amide bonds. The molecule has 0 N–H and O–H groups in total. The Balaban J connectivity index is 1.69. The SMILES string of the molecule is Clc1ccc(-c2cccc(/C=C3/CCCN=C3c3cccnc3)c2)cc1. The minimum absolute atomic E-state index is 0.756. The molecule has 0 unspecified atom stereocenters. The van der Waals surface area contributed by atoms with Crippen LogP contribution in [0.15, 0.2) is 83.6 Å². The van der Waals surface area contributed by atoms with Crippen molar-refractivity contribution in [2.75, 3.05) is 6.54 Å².